The van der Waals surface area contributed by atoms with Gasteiger partial charge >= 0.3 is 0 Å². The van der Waals surface area contributed by atoms with Crippen LogP contribution in [0.3, 0.4) is 0 Å². The lowest BCUT2D eigenvalue weighted by atomic mass is 10.2. The molecule has 3 heterocycles. The maximum absolute atomic E-state index is 14.9. The van der Waals surface area contributed by atoms with Crippen LogP contribution in [0.4, 0.5) is 27.3 Å². The van der Waals surface area contributed by atoms with E-state index in [9.17, 15) is 8.94 Å². The van der Waals surface area contributed by atoms with Gasteiger partial charge in [0.15, 0.2) is 11.6 Å². The van der Waals surface area contributed by atoms with Crippen LogP contribution in [0, 0.1) is 5.82 Å². The van der Waals surface area contributed by atoms with Crippen LogP contribution in [0.5, 0.6) is 0 Å². The van der Waals surface area contributed by atoms with Crippen LogP contribution >= 0.6 is 34.5 Å². The normalized spacial score (nSPS) is 19.5. The first-order valence-electron chi connectivity index (χ1n) is 11.1. The SMILES string of the molecule is [O-][S+](Nc1cscn1)c1cc(Cl)c(Nc2ccc(Cl)cc2N2CCC(N3CCCC3)C2)cc1F. The van der Waals surface area contributed by atoms with Gasteiger partial charge in [-0.1, -0.05) is 23.2 Å². The monoisotopic (exact) mass is 539 g/mol. The molecular formula is C23H24Cl2FN5OS2. The van der Waals surface area contributed by atoms with Gasteiger partial charge in [-0.2, -0.15) is 4.72 Å². The van der Waals surface area contributed by atoms with Crippen molar-refractivity contribution in [2.75, 3.05) is 41.1 Å². The summed E-state index contributed by atoms with van der Waals surface area (Å²) in [5, 5.41) is 5.87. The van der Waals surface area contributed by atoms with E-state index >= 15 is 0 Å². The van der Waals surface area contributed by atoms with Gasteiger partial charge < -0.3 is 14.8 Å². The molecule has 0 amide bonds. The first-order valence-corrected chi connectivity index (χ1v) is 13.9. The fourth-order valence-corrected chi connectivity index (χ4v) is 6.43. The number of hydrogen-bond acceptors (Lipinski definition) is 7. The van der Waals surface area contributed by atoms with Crippen LogP contribution < -0.4 is 14.9 Å². The van der Waals surface area contributed by atoms with Crippen LogP contribution in [0.25, 0.3) is 0 Å². The fourth-order valence-electron chi connectivity index (χ4n) is 4.56. The quantitative estimate of drug-likeness (QED) is 0.351. The predicted octanol–water partition coefficient (Wildman–Crippen LogP) is 6.14. The minimum atomic E-state index is -1.83. The summed E-state index contributed by atoms with van der Waals surface area (Å²) in [6.07, 6.45) is 3.64. The van der Waals surface area contributed by atoms with E-state index in [2.05, 4.69) is 24.8 Å². The molecule has 2 aliphatic heterocycles. The second-order valence-corrected chi connectivity index (χ2v) is 11.2. The molecule has 2 aromatic carbocycles. The zero-order valence-electron chi connectivity index (χ0n) is 18.3. The molecular weight excluding hydrogens is 516 g/mol. The Labute approximate surface area is 215 Å². The Morgan fingerprint density at radius 1 is 1.12 bits per heavy atom. The highest BCUT2D eigenvalue weighted by atomic mass is 35.5. The maximum atomic E-state index is 14.9. The number of rotatable bonds is 7. The van der Waals surface area contributed by atoms with Crippen molar-refractivity contribution in [1.29, 1.82) is 0 Å². The summed E-state index contributed by atoms with van der Waals surface area (Å²) in [6, 6.07) is 8.80. The highest BCUT2D eigenvalue weighted by Crippen LogP contribution is 2.38. The Kier molecular flexibility index (Phi) is 7.38. The highest BCUT2D eigenvalue weighted by Gasteiger charge is 2.30. The average molecular weight is 541 g/mol. The van der Waals surface area contributed by atoms with Crippen molar-refractivity contribution in [3.05, 3.63) is 57.1 Å². The van der Waals surface area contributed by atoms with Gasteiger partial charge in [-0.05, 0) is 50.6 Å². The summed E-state index contributed by atoms with van der Waals surface area (Å²) in [6.45, 7) is 4.19. The molecule has 2 N–H and O–H groups in total. The van der Waals surface area contributed by atoms with Crippen molar-refractivity contribution in [3.63, 3.8) is 0 Å². The lowest BCUT2D eigenvalue weighted by molar-refractivity contribution is 0.260. The third-order valence-corrected chi connectivity index (χ3v) is 8.48. The summed E-state index contributed by atoms with van der Waals surface area (Å²) in [4.78, 5) is 8.88. The molecule has 2 atom stereocenters. The standard InChI is InChI=1S/C23H24Cl2FN5OS2/c24-15-3-4-19(21(9-15)31-8-5-16(12-31)30-6-1-2-7-30)28-20-11-18(26)22(10-17(20)25)34(32)29-23-13-33-14-27-23/h3-4,9-11,13-14,16,28-29H,1-2,5-8,12H2. The number of nitrogens with zero attached hydrogens (tertiary/aromatic N) is 3. The zero-order chi connectivity index (χ0) is 23.7. The molecule has 6 nitrogen and oxygen atoms in total. The first kappa shape index (κ1) is 24.0. The van der Waals surface area contributed by atoms with Crippen LogP contribution in [0.2, 0.25) is 10.0 Å². The van der Waals surface area contributed by atoms with E-state index in [-0.39, 0.29) is 9.92 Å². The van der Waals surface area contributed by atoms with Crippen molar-refractivity contribution in [1.82, 2.24) is 9.88 Å². The largest absolute Gasteiger partial charge is 0.588 e. The van der Waals surface area contributed by atoms with E-state index in [1.165, 1.54) is 49.4 Å². The molecule has 0 spiro atoms. The zero-order valence-corrected chi connectivity index (χ0v) is 21.4. The Balaban J connectivity index is 1.35. The van der Waals surface area contributed by atoms with Crippen molar-refractivity contribution in [3.8, 4) is 0 Å². The van der Waals surface area contributed by atoms with Crippen LogP contribution in [-0.4, -0.2) is 46.7 Å². The van der Waals surface area contributed by atoms with E-state index in [1.54, 1.807) is 17.0 Å². The van der Waals surface area contributed by atoms with E-state index in [1.807, 2.05) is 12.1 Å². The molecule has 11 heteroatoms. The van der Waals surface area contributed by atoms with Crippen molar-refractivity contribution in [2.24, 2.45) is 0 Å². The van der Waals surface area contributed by atoms with E-state index in [4.69, 9.17) is 23.2 Å². The van der Waals surface area contributed by atoms with Gasteiger partial charge in [-0.3, -0.25) is 4.90 Å². The lowest BCUT2D eigenvalue weighted by Gasteiger charge is -2.26. The Hall–Kier alpha value is -1.75. The molecule has 2 aliphatic rings. The molecule has 34 heavy (non-hydrogen) atoms. The fraction of sp³-hybridized carbons (Fsp3) is 0.348. The molecule has 0 radical (unpaired) electrons. The Morgan fingerprint density at radius 3 is 2.71 bits per heavy atom. The third-order valence-electron chi connectivity index (χ3n) is 6.24. The van der Waals surface area contributed by atoms with Gasteiger partial charge in [0, 0.05) is 41.7 Å². The first-order chi connectivity index (χ1) is 16.5. The molecule has 0 bridgehead atoms. The van der Waals surface area contributed by atoms with Crippen molar-refractivity contribution < 1.29 is 8.94 Å². The molecule has 0 saturated carbocycles. The molecule has 2 unspecified atom stereocenters. The Morgan fingerprint density at radius 2 is 1.94 bits per heavy atom. The summed E-state index contributed by atoms with van der Waals surface area (Å²) >= 11 is 12.3. The molecule has 3 aromatic rings. The number of anilines is 4. The number of nitrogens with one attached hydrogen (secondary N) is 2. The smallest absolute Gasteiger partial charge is 0.217 e. The van der Waals surface area contributed by atoms with Crippen LogP contribution in [0.1, 0.15) is 19.3 Å². The molecule has 180 valence electrons. The van der Waals surface area contributed by atoms with E-state index in [0.717, 1.165) is 30.9 Å². The van der Waals surface area contributed by atoms with E-state index in [0.29, 0.717) is 22.6 Å². The molecule has 0 aliphatic carbocycles. The summed E-state index contributed by atoms with van der Waals surface area (Å²) in [7, 11) is 0. The number of halogens is 3. The van der Waals surface area contributed by atoms with Crippen LogP contribution in [0.15, 0.2) is 46.1 Å². The predicted molar refractivity (Wildman–Crippen MR) is 140 cm³/mol. The van der Waals surface area contributed by atoms with Crippen LogP contribution in [-0.2, 0) is 11.4 Å². The topological polar surface area (TPSA) is 66.5 Å². The molecule has 5 rings (SSSR count). The van der Waals surface area contributed by atoms with Gasteiger partial charge in [0.05, 0.1) is 27.6 Å². The second kappa shape index (κ2) is 10.5. The van der Waals surface area contributed by atoms with E-state index < -0.39 is 17.2 Å². The number of thiazole rings is 1. The van der Waals surface area contributed by atoms with Gasteiger partial charge in [0.25, 0.3) is 0 Å². The summed E-state index contributed by atoms with van der Waals surface area (Å²) in [5.74, 6) is -0.205. The minimum absolute atomic E-state index is 0.0344. The number of hydrogen-bond donors (Lipinski definition) is 2. The average Bonchev–Trinajstić information content (AvgIpc) is 3.59. The number of aromatic nitrogens is 1. The van der Waals surface area contributed by atoms with Crippen molar-refractivity contribution in [2.45, 2.75) is 30.2 Å². The van der Waals surface area contributed by atoms with Gasteiger partial charge in [0.2, 0.25) is 4.90 Å². The van der Waals surface area contributed by atoms with Crippen molar-refractivity contribution >= 4 is 68.8 Å². The molecule has 1 aromatic heterocycles. The number of benzene rings is 2. The lowest BCUT2D eigenvalue weighted by Crippen LogP contribution is -2.35. The van der Waals surface area contributed by atoms with Gasteiger partial charge in [-0.25, -0.2) is 9.37 Å². The highest BCUT2D eigenvalue weighted by molar-refractivity contribution is 7.92. The second-order valence-electron chi connectivity index (χ2n) is 8.43. The summed E-state index contributed by atoms with van der Waals surface area (Å²) in [5.41, 5.74) is 3.76. The minimum Gasteiger partial charge on any atom is -0.588 e. The Bertz CT molecular complexity index is 1150. The number of likely N-dealkylation sites (tertiary alicyclic amines) is 1. The van der Waals surface area contributed by atoms with Gasteiger partial charge in [0.1, 0.15) is 11.4 Å². The summed E-state index contributed by atoms with van der Waals surface area (Å²) < 4.78 is 30.2. The maximum Gasteiger partial charge on any atom is 0.217 e. The molecule has 2 fully saturated rings. The third kappa shape index (κ3) is 5.24. The molecule has 2 saturated heterocycles. The van der Waals surface area contributed by atoms with Gasteiger partial charge in [-0.15, -0.1) is 11.3 Å².